The van der Waals surface area contributed by atoms with E-state index in [2.05, 4.69) is 10.3 Å². The molecule has 0 radical (unpaired) electrons. The van der Waals surface area contributed by atoms with Gasteiger partial charge in [0.05, 0.1) is 11.8 Å². The number of hydrogen-bond acceptors (Lipinski definition) is 2. The SMILES string of the molecule is O=C(NCc1ccc(F)c(F)c1)c1cc(F)cnc1Cl. The lowest BCUT2D eigenvalue weighted by Crippen LogP contribution is -2.23. The van der Waals surface area contributed by atoms with Crippen molar-refractivity contribution >= 4 is 17.5 Å². The van der Waals surface area contributed by atoms with Gasteiger partial charge in [0.1, 0.15) is 11.0 Å². The number of carbonyl (C=O) groups is 1. The molecule has 3 nitrogen and oxygen atoms in total. The number of benzene rings is 1. The molecule has 0 aliphatic rings. The molecule has 0 spiro atoms. The van der Waals surface area contributed by atoms with Crippen molar-refractivity contribution < 1.29 is 18.0 Å². The van der Waals surface area contributed by atoms with E-state index in [0.717, 1.165) is 24.4 Å². The fourth-order valence-corrected chi connectivity index (χ4v) is 1.70. The Labute approximate surface area is 117 Å². The number of rotatable bonds is 3. The molecular formula is C13H8ClF3N2O. The van der Waals surface area contributed by atoms with Gasteiger partial charge in [-0.3, -0.25) is 4.79 Å². The van der Waals surface area contributed by atoms with Crippen LogP contribution >= 0.6 is 11.6 Å². The number of aromatic nitrogens is 1. The Morgan fingerprint density at radius 1 is 1.20 bits per heavy atom. The van der Waals surface area contributed by atoms with Crippen molar-refractivity contribution in [3.05, 3.63) is 64.2 Å². The Balaban J connectivity index is 2.08. The standard InChI is InChI=1S/C13H8ClF3N2O/c14-12-9(4-8(15)6-18-12)13(20)19-5-7-1-2-10(16)11(17)3-7/h1-4,6H,5H2,(H,19,20). The van der Waals surface area contributed by atoms with E-state index in [-0.39, 0.29) is 17.3 Å². The molecule has 1 amide bonds. The molecule has 2 rings (SSSR count). The summed E-state index contributed by atoms with van der Waals surface area (Å²) < 4.78 is 38.7. The van der Waals surface area contributed by atoms with E-state index >= 15 is 0 Å². The van der Waals surface area contributed by atoms with E-state index < -0.39 is 23.4 Å². The van der Waals surface area contributed by atoms with E-state index in [1.54, 1.807) is 0 Å². The van der Waals surface area contributed by atoms with Gasteiger partial charge in [0.15, 0.2) is 11.6 Å². The van der Waals surface area contributed by atoms with Gasteiger partial charge >= 0.3 is 0 Å². The molecule has 0 saturated carbocycles. The van der Waals surface area contributed by atoms with E-state index in [1.807, 2.05) is 0 Å². The van der Waals surface area contributed by atoms with Crippen molar-refractivity contribution in [2.24, 2.45) is 0 Å². The molecule has 0 saturated heterocycles. The van der Waals surface area contributed by atoms with Crippen LogP contribution in [0.25, 0.3) is 0 Å². The first kappa shape index (κ1) is 14.3. The number of carbonyl (C=O) groups excluding carboxylic acids is 1. The second kappa shape index (κ2) is 5.92. The van der Waals surface area contributed by atoms with Crippen LogP contribution in [-0.2, 0) is 6.54 Å². The maximum Gasteiger partial charge on any atom is 0.254 e. The lowest BCUT2D eigenvalue weighted by Gasteiger charge is -2.07. The van der Waals surface area contributed by atoms with Gasteiger partial charge in [-0.05, 0) is 23.8 Å². The lowest BCUT2D eigenvalue weighted by atomic mass is 10.2. The molecule has 0 fully saturated rings. The molecule has 1 aromatic heterocycles. The van der Waals surface area contributed by atoms with Gasteiger partial charge in [0, 0.05) is 6.54 Å². The van der Waals surface area contributed by atoms with Crippen LogP contribution in [0.2, 0.25) is 5.15 Å². The third-order valence-corrected chi connectivity index (χ3v) is 2.79. The van der Waals surface area contributed by atoms with E-state index in [0.29, 0.717) is 5.56 Å². The fourth-order valence-electron chi connectivity index (χ4n) is 1.51. The first-order chi connectivity index (χ1) is 9.47. The average Bonchev–Trinajstić information content (AvgIpc) is 2.42. The second-order valence-corrected chi connectivity index (χ2v) is 4.28. The number of halogens is 4. The minimum absolute atomic E-state index is 0.0527. The summed E-state index contributed by atoms with van der Waals surface area (Å²) in [7, 11) is 0. The Morgan fingerprint density at radius 3 is 2.65 bits per heavy atom. The summed E-state index contributed by atoms with van der Waals surface area (Å²) in [5.74, 6) is -3.35. The predicted octanol–water partition coefficient (Wildman–Crippen LogP) is 3.08. The molecule has 104 valence electrons. The molecule has 0 atom stereocenters. The minimum Gasteiger partial charge on any atom is -0.348 e. The predicted molar refractivity (Wildman–Crippen MR) is 66.7 cm³/mol. The highest BCUT2D eigenvalue weighted by atomic mass is 35.5. The van der Waals surface area contributed by atoms with Crippen LogP contribution in [-0.4, -0.2) is 10.9 Å². The number of nitrogens with zero attached hydrogens (tertiary/aromatic N) is 1. The van der Waals surface area contributed by atoms with Gasteiger partial charge in [-0.25, -0.2) is 18.2 Å². The van der Waals surface area contributed by atoms with Crippen molar-refractivity contribution in [3.8, 4) is 0 Å². The third kappa shape index (κ3) is 3.27. The monoisotopic (exact) mass is 300 g/mol. The zero-order valence-corrected chi connectivity index (χ0v) is 10.7. The molecule has 0 aliphatic heterocycles. The molecule has 0 aliphatic carbocycles. The largest absolute Gasteiger partial charge is 0.348 e. The van der Waals surface area contributed by atoms with Crippen LogP contribution < -0.4 is 5.32 Å². The maximum absolute atomic E-state index is 13.0. The zero-order chi connectivity index (χ0) is 14.7. The van der Waals surface area contributed by atoms with Crippen LogP contribution in [0.5, 0.6) is 0 Å². The Bertz CT molecular complexity index is 664. The van der Waals surface area contributed by atoms with Crippen molar-refractivity contribution in [3.63, 3.8) is 0 Å². The van der Waals surface area contributed by atoms with Crippen LogP contribution in [0.3, 0.4) is 0 Å². The topological polar surface area (TPSA) is 42.0 Å². The first-order valence-electron chi connectivity index (χ1n) is 5.50. The second-order valence-electron chi connectivity index (χ2n) is 3.92. The minimum atomic E-state index is -1.01. The van der Waals surface area contributed by atoms with Gasteiger partial charge in [-0.1, -0.05) is 17.7 Å². The highest BCUT2D eigenvalue weighted by molar-refractivity contribution is 6.32. The van der Waals surface area contributed by atoms with Crippen LogP contribution in [0, 0.1) is 17.5 Å². The summed E-state index contributed by atoms with van der Waals surface area (Å²) in [5, 5.41) is 2.27. The van der Waals surface area contributed by atoms with Crippen molar-refractivity contribution in [2.75, 3.05) is 0 Å². The summed E-state index contributed by atoms with van der Waals surface area (Å²) in [6.07, 6.45) is 0.883. The summed E-state index contributed by atoms with van der Waals surface area (Å²) in [6, 6.07) is 4.18. The zero-order valence-electron chi connectivity index (χ0n) is 9.96. The third-order valence-electron chi connectivity index (χ3n) is 2.49. The summed E-state index contributed by atoms with van der Waals surface area (Å²) in [5.41, 5.74) is 0.229. The summed E-state index contributed by atoms with van der Waals surface area (Å²) in [6.45, 7) is -0.0527. The molecule has 7 heteroatoms. The molecule has 1 aromatic carbocycles. The molecular weight excluding hydrogens is 293 g/mol. The van der Waals surface area contributed by atoms with Gasteiger partial charge in [0.25, 0.3) is 5.91 Å². The van der Waals surface area contributed by atoms with Crippen molar-refractivity contribution in [2.45, 2.75) is 6.54 Å². The van der Waals surface area contributed by atoms with Gasteiger partial charge in [-0.2, -0.15) is 0 Å². The maximum atomic E-state index is 13.0. The van der Waals surface area contributed by atoms with Gasteiger partial charge in [0.2, 0.25) is 0 Å². The molecule has 2 aromatic rings. The van der Waals surface area contributed by atoms with E-state index in [1.165, 1.54) is 6.07 Å². The Hall–Kier alpha value is -2.08. The number of nitrogens with one attached hydrogen (secondary N) is 1. The first-order valence-corrected chi connectivity index (χ1v) is 5.88. The van der Waals surface area contributed by atoms with Gasteiger partial charge in [-0.15, -0.1) is 0 Å². The normalized spacial score (nSPS) is 10.4. The van der Waals surface area contributed by atoms with Crippen molar-refractivity contribution in [1.82, 2.24) is 10.3 Å². The summed E-state index contributed by atoms with van der Waals surface area (Å²) >= 11 is 5.67. The number of amides is 1. The molecule has 0 bridgehead atoms. The molecule has 0 unspecified atom stereocenters. The molecule has 20 heavy (non-hydrogen) atoms. The number of pyridine rings is 1. The Morgan fingerprint density at radius 2 is 1.95 bits per heavy atom. The smallest absolute Gasteiger partial charge is 0.254 e. The lowest BCUT2D eigenvalue weighted by molar-refractivity contribution is 0.0950. The number of hydrogen-bond donors (Lipinski definition) is 1. The van der Waals surface area contributed by atoms with Crippen LogP contribution in [0.15, 0.2) is 30.5 Å². The van der Waals surface area contributed by atoms with E-state index in [4.69, 9.17) is 11.6 Å². The van der Waals surface area contributed by atoms with Crippen molar-refractivity contribution in [1.29, 1.82) is 0 Å². The fraction of sp³-hybridized carbons (Fsp3) is 0.0769. The summed E-state index contributed by atoms with van der Waals surface area (Å²) in [4.78, 5) is 15.3. The highest BCUT2D eigenvalue weighted by Gasteiger charge is 2.12. The van der Waals surface area contributed by atoms with Crippen LogP contribution in [0.1, 0.15) is 15.9 Å². The highest BCUT2D eigenvalue weighted by Crippen LogP contribution is 2.14. The van der Waals surface area contributed by atoms with Crippen LogP contribution in [0.4, 0.5) is 13.2 Å². The molecule has 1 N–H and O–H groups in total. The average molecular weight is 301 g/mol. The quantitative estimate of drug-likeness (QED) is 0.885. The van der Waals surface area contributed by atoms with E-state index in [9.17, 15) is 18.0 Å². The molecule has 1 heterocycles. The Kier molecular flexibility index (Phi) is 4.24. The van der Waals surface area contributed by atoms with Gasteiger partial charge < -0.3 is 5.32 Å².